The summed E-state index contributed by atoms with van der Waals surface area (Å²) in [5, 5.41) is 2.84. The Labute approximate surface area is 190 Å². The Hall–Kier alpha value is -1.97. The number of halogens is 6. The third-order valence-corrected chi connectivity index (χ3v) is 6.57. The number of piperidine rings is 1. The highest BCUT2D eigenvalue weighted by atomic mass is 19.4. The Kier molecular flexibility index (Phi) is 7.55. The zero-order valence-corrected chi connectivity index (χ0v) is 19.0. The van der Waals surface area contributed by atoms with Crippen LogP contribution in [0, 0.1) is 11.3 Å². The first-order valence-electron chi connectivity index (χ1n) is 11.4. The third-order valence-electron chi connectivity index (χ3n) is 6.57. The van der Waals surface area contributed by atoms with Gasteiger partial charge in [-0.1, -0.05) is 26.7 Å². The molecule has 0 bridgehead atoms. The average Bonchev–Trinajstić information content (AvgIpc) is 2.75. The van der Waals surface area contributed by atoms with Gasteiger partial charge >= 0.3 is 12.4 Å². The van der Waals surface area contributed by atoms with Crippen molar-refractivity contribution in [3.63, 3.8) is 0 Å². The van der Waals surface area contributed by atoms with Gasteiger partial charge in [0.2, 0.25) is 0 Å². The van der Waals surface area contributed by atoms with Crippen molar-refractivity contribution in [3.05, 3.63) is 29.3 Å². The summed E-state index contributed by atoms with van der Waals surface area (Å²) in [5.41, 5.74) is 2.47. The van der Waals surface area contributed by atoms with Gasteiger partial charge in [0.1, 0.15) is 0 Å². The highest BCUT2D eigenvalue weighted by molar-refractivity contribution is 5.94. The molecule has 3 N–H and O–H groups in total. The number of benzene rings is 1. The number of rotatable bonds is 4. The molecule has 0 radical (unpaired) electrons. The lowest BCUT2D eigenvalue weighted by molar-refractivity contribution is -0.143. The molecule has 1 heterocycles. The summed E-state index contributed by atoms with van der Waals surface area (Å²) in [6, 6.07) is 1.73. The van der Waals surface area contributed by atoms with E-state index in [-0.39, 0.29) is 23.2 Å². The van der Waals surface area contributed by atoms with Crippen molar-refractivity contribution >= 4 is 11.6 Å². The van der Waals surface area contributed by atoms with Crippen LogP contribution in [0.25, 0.3) is 0 Å². The molecule has 1 aromatic carbocycles. The molecular weight excluding hydrogens is 446 g/mol. The number of nitrogens with two attached hydrogens (primary N) is 1. The third kappa shape index (κ3) is 6.55. The van der Waals surface area contributed by atoms with Crippen LogP contribution in [-0.2, 0) is 12.4 Å². The Balaban J connectivity index is 2.00. The maximum Gasteiger partial charge on any atom is 0.416 e. The lowest BCUT2D eigenvalue weighted by Crippen LogP contribution is -2.52. The van der Waals surface area contributed by atoms with Gasteiger partial charge in [-0.15, -0.1) is 0 Å². The molecule has 33 heavy (non-hydrogen) atoms. The van der Waals surface area contributed by atoms with Gasteiger partial charge in [-0.25, -0.2) is 0 Å². The van der Waals surface area contributed by atoms with Crippen molar-refractivity contribution in [2.75, 3.05) is 25.0 Å². The van der Waals surface area contributed by atoms with E-state index < -0.39 is 23.5 Å². The van der Waals surface area contributed by atoms with E-state index >= 15 is 0 Å². The molecule has 2 unspecified atom stereocenters. The number of aliphatic imine (C=N–C) groups is 1. The summed E-state index contributed by atoms with van der Waals surface area (Å²) in [4.78, 5) is 6.70. The molecule has 0 amide bonds. The Morgan fingerprint density at radius 2 is 1.55 bits per heavy atom. The second kappa shape index (κ2) is 9.72. The number of guanidine groups is 1. The van der Waals surface area contributed by atoms with Crippen molar-refractivity contribution in [1.29, 1.82) is 0 Å². The van der Waals surface area contributed by atoms with Crippen LogP contribution in [0.15, 0.2) is 23.2 Å². The lowest BCUT2D eigenvalue weighted by Gasteiger charge is -2.45. The molecule has 1 aliphatic carbocycles. The van der Waals surface area contributed by atoms with Crippen molar-refractivity contribution < 1.29 is 26.3 Å². The van der Waals surface area contributed by atoms with E-state index in [4.69, 9.17) is 5.73 Å². The molecule has 1 aliphatic heterocycles. The predicted octanol–water partition coefficient (Wildman–Crippen LogP) is 6.13. The highest BCUT2D eigenvalue weighted by Crippen LogP contribution is 2.39. The highest BCUT2D eigenvalue weighted by Gasteiger charge is 2.38. The summed E-state index contributed by atoms with van der Waals surface area (Å²) in [6.45, 7) is 5.13. The van der Waals surface area contributed by atoms with E-state index in [1.165, 1.54) is 0 Å². The van der Waals surface area contributed by atoms with Crippen LogP contribution in [-0.4, -0.2) is 36.5 Å². The summed E-state index contributed by atoms with van der Waals surface area (Å²) >= 11 is 0. The monoisotopic (exact) mass is 478 g/mol. The van der Waals surface area contributed by atoms with Crippen LogP contribution in [0.4, 0.5) is 32.0 Å². The molecule has 186 valence electrons. The number of anilines is 1. The Morgan fingerprint density at radius 3 is 2.12 bits per heavy atom. The molecule has 1 saturated heterocycles. The standard InChI is InChI=1S/C23H32F6N4/c1-21(2,13-30)14-31-20(33-9-5-7-15-6-3-4-8-19(15)33)32-18-11-16(22(24,25)26)10-17(12-18)23(27,28)29/h10-12,15,19H,3-9,13-14,30H2,1-2H3,(H,31,32). The van der Waals surface area contributed by atoms with Crippen molar-refractivity contribution in [2.24, 2.45) is 22.1 Å². The van der Waals surface area contributed by atoms with Gasteiger partial charge in [0, 0.05) is 24.8 Å². The molecule has 3 rings (SSSR count). The molecule has 4 nitrogen and oxygen atoms in total. The number of nitrogens with one attached hydrogen (secondary N) is 1. The molecular formula is C23H32F6N4. The average molecular weight is 479 g/mol. The largest absolute Gasteiger partial charge is 0.416 e. The predicted molar refractivity (Wildman–Crippen MR) is 117 cm³/mol. The molecule has 2 fully saturated rings. The minimum absolute atomic E-state index is 0.136. The minimum atomic E-state index is -4.91. The topological polar surface area (TPSA) is 53.6 Å². The second-order valence-electron chi connectivity index (χ2n) is 9.88. The van der Waals surface area contributed by atoms with Crippen molar-refractivity contribution in [2.45, 2.75) is 70.8 Å². The fourth-order valence-electron chi connectivity index (χ4n) is 4.60. The zero-order valence-electron chi connectivity index (χ0n) is 19.0. The van der Waals surface area contributed by atoms with Gasteiger partial charge in [0.05, 0.1) is 11.1 Å². The first-order valence-corrected chi connectivity index (χ1v) is 11.4. The van der Waals surface area contributed by atoms with Crippen LogP contribution in [0.5, 0.6) is 0 Å². The molecule has 0 spiro atoms. The van der Waals surface area contributed by atoms with Gasteiger partial charge in [0.15, 0.2) is 5.96 Å². The van der Waals surface area contributed by atoms with Crippen molar-refractivity contribution in [3.8, 4) is 0 Å². The van der Waals surface area contributed by atoms with Gasteiger partial charge in [-0.05, 0) is 61.8 Å². The number of fused-ring (bicyclic) bond motifs is 1. The Bertz CT molecular complexity index is 812. The zero-order chi connectivity index (χ0) is 24.4. The van der Waals surface area contributed by atoms with Crippen LogP contribution in [0.3, 0.4) is 0 Å². The van der Waals surface area contributed by atoms with Crippen LogP contribution < -0.4 is 11.1 Å². The summed E-state index contributed by atoms with van der Waals surface area (Å²) in [7, 11) is 0. The van der Waals surface area contributed by atoms with Gasteiger partial charge < -0.3 is 16.0 Å². The molecule has 2 atom stereocenters. The van der Waals surface area contributed by atoms with Crippen LogP contribution >= 0.6 is 0 Å². The maximum atomic E-state index is 13.3. The lowest BCUT2D eigenvalue weighted by atomic mass is 9.78. The molecule has 2 aliphatic rings. The minimum Gasteiger partial charge on any atom is -0.339 e. The summed E-state index contributed by atoms with van der Waals surface area (Å²) in [6.07, 6.45) is -3.65. The van der Waals surface area contributed by atoms with E-state index in [1.807, 2.05) is 18.7 Å². The maximum absolute atomic E-state index is 13.3. The molecule has 0 aromatic heterocycles. The van der Waals surface area contributed by atoms with Crippen LogP contribution in [0.2, 0.25) is 0 Å². The summed E-state index contributed by atoms with van der Waals surface area (Å²) in [5.74, 6) is 0.773. The van der Waals surface area contributed by atoms with E-state index in [2.05, 4.69) is 10.3 Å². The smallest absolute Gasteiger partial charge is 0.339 e. The first kappa shape index (κ1) is 25.6. The van der Waals surface area contributed by atoms with Gasteiger partial charge in [0.25, 0.3) is 0 Å². The van der Waals surface area contributed by atoms with E-state index in [0.717, 1.165) is 38.5 Å². The Morgan fingerprint density at radius 1 is 0.970 bits per heavy atom. The molecule has 1 aromatic rings. The fraction of sp³-hybridized carbons (Fsp3) is 0.696. The number of likely N-dealkylation sites (tertiary alicyclic amines) is 1. The molecule has 10 heteroatoms. The quantitative estimate of drug-likeness (QED) is 0.311. The second-order valence-corrected chi connectivity index (χ2v) is 9.88. The van der Waals surface area contributed by atoms with Gasteiger partial charge in [-0.2, -0.15) is 26.3 Å². The number of nitrogens with zero attached hydrogens (tertiary/aromatic N) is 2. The first-order chi connectivity index (χ1) is 15.3. The van der Waals surface area contributed by atoms with Gasteiger partial charge in [-0.3, -0.25) is 4.99 Å². The molecule has 1 saturated carbocycles. The van der Waals surface area contributed by atoms with E-state index in [1.54, 1.807) is 0 Å². The normalized spacial score (nSPS) is 22.8. The van der Waals surface area contributed by atoms with Crippen LogP contribution in [0.1, 0.15) is 63.5 Å². The van der Waals surface area contributed by atoms with Crippen molar-refractivity contribution in [1.82, 2.24) is 4.90 Å². The number of hydrogen-bond donors (Lipinski definition) is 2. The van der Waals surface area contributed by atoms with E-state index in [0.29, 0.717) is 43.6 Å². The number of alkyl halides is 6. The number of hydrogen-bond acceptors (Lipinski definition) is 2. The summed E-state index contributed by atoms with van der Waals surface area (Å²) < 4.78 is 80.1. The fourth-order valence-corrected chi connectivity index (χ4v) is 4.60. The SMILES string of the molecule is CC(C)(CN)CN=C(Nc1cc(C(F)(F)F)cc(C(F)(F)F)c1)N1CCCC2CCCCC21. The van der Waals surface area contributed by atoms with E-state index in [9.17, 15) is 26.3 Å².